The van der Waals surface area contributed by atoms with Crippen LogP contribution in [0.5, 0.6) is 0 Å². The highest BCUT2D eigenvalue weighted by Gasteiger charge is 2.44. The number of nitrogens with zero attached hydrogens (tertiary/aromatic N) is 2. The summed E-state index contributed by atoms with van der Waals surface area (Å²) in [5.41, 5.74) is 2.18. The van der Waals surface area contributed by atoms with Crippen LogP contribution in [0.1, 0.15) is 30.7 Å². The van der Waals surface area contributed by atoms with Crippen molar-refractivity contribution in [1.29, 1.82) is 0 Å². The minimum absolute atomic E-state index is 0.00370. The number of hydrogen-bond acceptors (Lipinski definition) is 2. The van der Waals surface area contributed by atoms with E-state index in [1.54, 1.807) is 0 Å². The molecule has 0 unspecified atom stereocenters. The predicted octanol–water partition coefficient (Wildman–Crippen LogP) is 1.75. The fraction of sp³-hybridized carbons (Fsp3) is 0.636. The third kappa shape index (κ3) is 2.03. The van der Waals surface area contributed by atoms with E-state index in [1.165, 1.54) is 0 Å². The Bertz CT molecular complexity index is 391. The van der Waals surface area contributed by atoms with Gasteiger partial charge in [-0.15, -0.1) is 0 Å². The molecule has 4 heteroatoms. The average Bonchev–Trinajstić information content (AvgIpc) is 2.82. The van der Waals surface area contributed by atoms with Crippen LogP contribution in [0.15, 0.2) is 6.33 Å². The summed E-state index contributed by atoms with van der Waals surface area (Å²) in [5.74, 6) is -0.693. The lowest BCUT2D eigenvalue weighted by Crippen LogP contribution is -2.16. The van der Waals surface area contributed by atoms with Crippen LogP contribution in [0.3, 0.4) is 0 Å². The number of rotatable bonds is 4. The van der Waals surface area contributed by atoms with Gasteiger partial charge in [0.2, 0.25) is 0 Å². The minimum Gasteiger partial charge on any atom is -0.481 e. The summed E-state index contributed by atoms with van der Waals surface area (Å²) in [6, 6.07) is 0. The molecule has 0 aliphatic heterocycles. The van der Waals surface area contributed by atoms with Crippen molar-refractivity contribution in [1.82, 2.24) is 9.55 Å². The summed E-state index contributed by atoms with van der Waals surface area (Å²) in [6.45, 7) is 4.80. The lowest BCUT2D eigenvalue weighted by Gasteiger charge is -2.14. The normalized spacial score (nSPS) is 17.7. The molecule has 0 saturated heterocycles. The van der Waals surface area contributed by atoms with Crippen LogP contribution in [0, 0.1) is 19.3 Å². The van der Waals surface area contributed by atoms with E-state index >= 15 is 0 Å². The van der Waals surface area contributed by atoms with Crippen molar-refractivity contribution in [3.63, 3.8) is 0 Å². The fourth-order valence-corrected chi connectivity index (χ4v) is 1.95. The highest BCUT2D eigenvalue weighted by Crippen LogP contribution is 2.50. The molecule has 4 nitrogen and oxygen atoms in total. The molecule has 0 bridgehead atoms. The Kier molecular flexibility index (Phi) is 2.29. The molecule has 1 aromatic heterocycles. The maximum atomic E-state index is 10.7. The van der Waals surface area contributed by atoms with Gasteiger partial charge in [-0.1, -0.05) is 0 Å². The second kappa shape index (κ2) is 3.36. The van der Waals surface area contributed by atoms with Gasteiger partial charge < -0.3 is 9.67 Å². The maximum absolute atomic E-state index is 10.7. The molecule has 1 fully saturated rings. The molecule has 1 saturated carbocycles. The number of carboxylic acid groups (broad SMARTS) is 1. The van der Waals surface area contributed by atoms with E-state index in [0.717, 1.165) is 30.8 Å². The van der Waals surface area contributed by atoms with Crippen molar-refractivity contribution in [3.05, 3.63) is 17.7 Å². The summed E-state index contributed by atoms with van der Waals surface area (Å²) >= 11 is 0. The van der Waals surface area contributed by atoms with Gasteiger partial charge in [-0.3, -0.25) is 4.79 Å². The van der Waals surface area contributed by atoms with Crippen molar-refractivity contribution in [2.75, 3.05) is 0 Å². The smallest absolute Gasteiger partial charge is 0.303 e. The number of hydrogen-bond donors (Lipinski definition) is 1. The molecular weight excluding hydrogens is 192 g/mol. The molecule has 1 aliphatic carbocycles. The Morgan fingerprint density at radius 3 is 2.67 bits per heavy atom. The largest absolute Gasteiger partial charge is 0.481 e. The summed E-state index contributed by atoms with van der Waals surface area (Å²) in [5, 5.41) is 8.82. The molecule has 0 aromatic carbocycles. The molecule has 82 valence electrons. The van der Waals surface area contributed by atoms with Crippen molar-refractivity contribution in [2.24, 2.45) is 5.41 Å². The van der Waals surface area contributed by atoms with Gasteiger partial charge in [0.05, 0.1) is 18.4 Å². The third-order valence-electron chi connectivity index (χ3n) is 3.33. The van der Waals surface area contributed by atoms with Crippen LogP contribution < -0.4 is 0 Å². The number of aromatic nitrogens is 2. The van der Waals surface area contributed by atoms with E-state index in [4.69, 9.17) is 5.11 Å². The Balaban J connectivity index is 2.09. The van der Waals surface area contributed by atoms with Gasteiger partial charge in [0.25, 0.3) is 0 Å². The standard InChI is InChI=1S/C11H16N2O2/c1-8-9(2)13(7-12-8)6-11(3-4-11)5-10(14)15/h7H,3-6H2,1-2H3,(H,14,15). The molecule has 1 heterocycles. The van der Waals surface area contributed by atoms with E-state index in [2.05, 4.69) is 9.55 Å². The van der Waals surface area contributed by atoms with Gasteiger partial charge in [-0.25, -0.2) is 4.98 Å². The van der Waals surface area contributed by atoms with Gasteiger partial charge in [-0.05, 0) is 32.1 Å². The first-order valence-electron chi connectivity index (χ1n) is 5.23. The molecule has 0 amide bonds. The third-order valence-corrected chi connectivity index (χ3v) is 3.33. The number of carbonyl (C=O) groups is 1. The van der Waals surface area contributed by atoms with Crippen LogP contribution >= 0.6 is 0 Å². The molecule has 0 atom stereocenters. The Labute approximate surface area is 88.9 Å². The Morgan fingerprint density at radius 1 is 1.60 bits per heavy atom. The van der Waals surface area contributed by atoms with Crippen molar-refractivity contribution < 1.29 is 9.90 Å². The summed E-state index contributed by atoms with van der Waals surface area (Å²) in [4.78, 5) is 14.9. The van der Waals surface area contributed by atoms with E-state index < -0.39 is 5.97 Å². The van der Waals surface area contributed by atoms with Gasteiger partial charge in [0.15, 0.2) is 0 Å². The maximum Gasteiger partial charge on any atom is 0.303 e. The van der Waals surface area contributed by atoms with Crippen molar-refractivity contribution in [2.45, 2.75) is 39.7 Å². The first kappa shape index (κ1) is 10.2. The molecule has 1 aromatic rings. The van der Waals surface area contributed by atoms with E-state index in [9.17, 15) is 4.79 Å². The second-order valence-corrected chi connectivity index (χ2v) is 4.61. The second-order valence-electron chi connectivity index (χ2n) is 4.61. The number of imidazole rings is 1. The summed E-state index contributed by atoms with van der Waals surface area (Å²) in [7, 11) is 0. The van der Waals surface area contributed by atoms with Gasteiger partial charge in [0.1, 0.15) is 0 Å². The molecular formula is C11H16N2O2. The average molecular weight is 208 g/mol. The zero-order valence-electron chi connectivity index (χ0n) is 9.16. The van der Waals surface area contributed by atoms with Crippen molar-refractivity contribution >= 4 is 5.97 Å². The van der Waals surface area contributed by atoms with Gasteiger partial charge in [0, 0.05) is 12.2 Å². The zero-order chi connectivity index (χ0) is 11.1. The lowest BCUT2D eigenvalue weighted by atomic mass is 10.0. The van der Waals surface area contributed by atoms with E-state index in [-0.39, 0.29) is 11.8 Å². The topological polar surface area (TPSA) is 55.1 Å². The van der Waals surface area contributed by atoms with E-state index in [0.29, 0.717) is 0 Å². The molecule has 0 spiro atoms. The first-order valence-corrected chi connectivity index (χ1v) is 5.23. The minimum atomic E-state index is -0.693. The monoisotopic (exact) mass is 208 g/mol. The summed E-state index contributed by atoms with van der Waals surface area (Å²) in [6.07, 6.45) is 4.14. The van der Waals surface area contributed by atoms with Gasteiger partial charge in [-0.2, -0.15) is 0 Å². The highest BCUT2D eigenvalue weighted by atomic mass is 16.4. The molecule has 1 aliphatic rings. The zero-order valence-corrected chi connectivity index (χ0v) is 9.16. The lowest BCUT2D eigenvalue weighted by molar-refractivity contribution is -0.138. The SMILES string of the molecule is Cc1ncn(CC2(CC(=O)O)CC2)c1C. The first-order chi connectivity index (χ1) is 7.02. The van der Waals surface area contributed by atoms with Crippen LogP contribution in [0.25, 0.3) is 0 Å². The summed E-state index contributed by atoms with van der Waals surface area (Å²) < 4.78 is 2.07. The molecule has 0 radical (unpaired) electrons. The van der Waals surface area contributed by atoms with Gasteiger partial charge >= 0.3 is 5.97 Å². The molecule has 15 heavy (non-hydrogen) atoms. The number of aryl methyl sites for hydroxylation is 1. The predicted molar refractivity (Wildman–Crippen MR) is 55.6 cm³/mol. The van der Waals surface area contributed by atoms with Crippen LogP contribution in [0.2, 0.25) is 0 Å². The number of carboxylic acids is 1. The molecule has 1 N–H and O–H groups in total. The highest BCUT2D eigenvalue weighted by molar-refractivity contribution is 5.68. The quantitative estimate of drug-likeness (QED) is 0.820. The van der Waals surface area contributed by atoms with Crippen LogP contribution in [-0.2, 0) is 11.3 Å². The fourth-order valence-electron chi connectivity index (χ4n) is 1.95. The van der Waals surface area contributed by atoms with Crippen LogP contribution in [-0.4, -0.2) is 20.6 Å². The van der Waals surface area contributed by atoms with E-state index in [1.807, 2.05) is 20.2 Å². The Morgan fingerprint density at radius 2 is 2.27 bits per heavy atom. The number of aliphatic carboxylic acids is 1. The van der Waals surface area contributed by atoms with Crippen LogP contribution in [0.4, 0.5) is 0 Å². The molecule has 2 rings (SSSR count). The van der Waals surface area contributed by atoms with Crippen molar-refractivity contribution in [3.8, 4) is 0 Å². The Hall–Kier alpha value is -1.32.